The molecule has 1 aliphatic heterocycles. The highest BCUT2D eigenvalue weighted by atomic mass is 16.5. The number of Topliss-reactive ketones (excluding diaryl/α,β-unsaturated/α-hetero) is 2. The third-order valence-corrected chi connectivity index (χ3v) is 7.37. The van der Waals surface area contributed by atoms with Crippen molar-refractivity contribution in [3.8, 4) is 17.1 Å². The molecule has 2 unspecified atom stereocenters. The van der Waals surface area contributed by atoms with Crippen LogP contribution in [0.25, 0.3) is 11.4 Å². The standard InChI is InChI=1S/C28H29N3O4/c1-30-17-16-29-27(30)20-8-12-21(13-9-20)31-24(18-6-4-3-5-7-18)23(26(33)28(31)34)25(32)19-10-14-22(35-2)15-11-19/h8-18,23-24H,3-7H2,1-2H3. The van der Waals surface area contributed by atoms with Crippen LogP contribution in [0.1, 0.15) is 42.5 Å². The van der Waals surface area contributed by atoms with E-state index in [0.717, 1.165) is 43.5 Å². The number of carbonyl (C=O) groups excluding carboxylic acids is 3. The minimum Gasteiger partial charge on any atom is -0.497 e. The summed E-state index contributed by atoms with van der Waals surface area (Å²) in [6, 6.07) is 13.8. The second-order valence-electron chi connectivity index (χ2n) is 9.41. The van der Waals surface area contributed by atoms with Crippen molar-refractivity contribution in [2.45, 2.75) is 38.1 Å². The van der Waals surface area contributed by atoms with Gasteiger partial charge in [-0.05, 0) is 67.3 Å². The van der Waals surface area contributed by atoms with Crippen LogP contribution in [-0.2, 0) is 16.6 Å². The molecule has 2 fully saturated rings. The molecule has 180 valence electrons. The summed E-state index contributed by atoms with van der Waals surface area (Å²) in [6.07, 6.45) is 8.64. The smallest absolute Gasteiger partial charge is 0.295 e. The number of aromatic nitrogens is 2. The van der Waals surface area contributed by atoms with Gasteiger partial charge in [0.1, 0.15) is 17.5 Å². The Kier molecular flexibility index (Phi) is 6.24. The highest BCUT2D eigenvalue weighted by molar-refractivity contribution is 6.49. The molecule has 35 heavy (non-hydrogen) atoms. The Morgan fingerprint density at radius 2 is 1.66 bits per heavy atom. The molecule has 0 bridgehead atoms. The summed E-state index contributed by atoms with van der Waals surface area (Å²) in [4.78, 5) is 46.3. The van der Waals surface area contributed by atoms with Gasteiger partial charge in [0.25, 0.3) is 5.91 Å². The number of rotatable bonds is 6. The largest absolute Gasteiger partial charge is 0.497 e. The summed E-state index contributed by atoms with van der Waals surface area (Å²) in [6.45, 7) is 0. The van der Waals surface area contributed by atoms with Crippen molar-refractivity contribution in [2.24, 2.45) is 18.9 Å². The third kappa shape index (κ3) is 4.16. The van der Waals surface area contributed by atoms with Crippen LogP contribution in [0.3, 0.4) is 0 Å². The Bertz CT molecular complexity index is 1240. The number of carbonyl (C=O) groups is 3. The Morgan fingerprint density at radius 3 is 2.26 bits per heavy atom. The summed E-state index contributed by atoms with van der Waals surface area (Å²) in [5.41, 5.74) is 1.98. The highest BCUT2D eigenvalue weighted by Gasteiger charge is 2.54. The zero-order valence-electron chi connectivity index (χ0n) is 20.0. The second-order valence-corrected chi connectivity index (χ2v) is 9.41. The van der Waals surface area contributed by atoms with Gasteiger partial charge in [0.15, 0.2) is 5.78 Å². The Labute approximate surface area is 204 Å². The average molecular weight is 472 g/mol. The molecule has 0 radical (unpaired) electrons. The van der Waals surface area contributed by atoms with Crippen molar-refractivity contribution >= 4 is 23.2 Å². The lowest BCUT2D eigenvalue weighted by atomic mass is 9.76. The molecule has 7 nitrogen and oxygen atoms in total. The van der Waals surface area contributed by atoms with Gasteiger partial charge in [-0.2, -0.15) is 0 Å². The third-order valence-electron chi connectivity index (χ3n) is 7.37. The number of methoxy groups -OCH3 is 1. The van der Waals surface area contributed by atoms with Crippen LogP contribution in [-0.4, -0.2) is 40.2 Å². The minimum atomic E-state index is -1.01. The number of aryl methyl sites for hydroxylation is 1. The molecule has 2 aromatic carbocycles. The Hall–Kier alpha value is -3.74. The lowest BCUT2D eigenvalue weighted by molar-refractivity contribution is -0.135. The molecule has 7 heteroatoms. The SMILES string of the molecule is COc1ccc(C(=O)C2C(=O)C(=O)N(c3ccc(-c4nccn4C)cc3)C2C2CCCCC2)cc1. The molecule has 2 atom stereocenters. The van der Waals surface area contributed by atoms with Gasteiger partial charge < -0.3 is 14.2 Å². The monoisotopic (exact) mass is 471 g/mol. The fourth-order valence-electron chi connectivity index (χ4n) is 5.56. The zero-order chi connectivity index (χ0) is 24.5. The minimum absolute atomic E-state index is 0.0977. The first-order valence-corrected chi connectivity index (χ1v) is 12.1. The molecule has 1 amide bonds. The van der Waals surface area contributed by atoms with Crippen LogP contribution >= 0.6 is 0 Å². The first kappa shape index (κ1) is 23.0. The van der Waals surface area contributed by atoms with Crippen LogP contribution in [0.2, 0.25) is 0 Å². The van der Waals surface area contributed by atoms with E-state index in [1.54, 1.807) is 42.5 Å². The number of amides is 1. The Balaban J connectivity index is 1.52. The summed E-state index contributed by atoms with van der Waals surface area (Å²) in [5, 5.41) is 0. The predicted molar refractivity (Wildman–Crippen MR) is 132 cm³/mol. The van der Waals surface area contributed by atoms with Gasteiger partial charge in [0.05, 0.1) is 13.2 Å². The van der Waals surface area contributed by atoms with Gasteiger partial charge in [-0.3, -0.25) is 14.4 Å². The van der Waals surface area contributed by atoms with Gasteiger partial charge in [0, 0.05) is 36.3 Å². The van der Waals surface area contributed by atoms with Gasteiger partial charge in [-0.1, -0.05) is 19.3 Å². The second kappa shape index (κ2) is 9.49. The van der Waals surface area contributed by atoms with E-state index in [-0.39, 0.29) is 11.7 Å². The number of hydrogen-bond donors (Lipinski definition) is 0. The average Bonchev–Trinajstić information content (AvgIpc) is 3.44. The number of ketones is 2. The van der Waals surface area contributed by atoms with Crippen LogP contribution in [0.5, 0.6) is 5.75 Å². The van der Waals surface area contributed by atoms with Gasteiger partial charge >= 0.3 is 0 Å². The van der Waals surface area contributed by atoms with Crippen molar-refractivity contribution in [3.05, 3.63) is 66.5 Å². The molecular weight excluding hydrogens is 442 g/mol. The highest BCUT2D eigenvalue weighted by Crippen LogP contribution is 2.41. The molecule has 1 saturated carbocycles. The van der Waals surface area contributed by atoms with E-state index in [1.165, 1.54) is 0 Å². The van der Waals surface area contributed by atoms with Crippen molar-refractivity contribution in [2.75, 3.05) is 12.0 Å². The first-order chi connectivity index (χ1) is 17.0. The molecule has 2 aliphatic rings. The number of hydrogen-bond acceptors (Lipinski definition) is 5. The van der Waals surface area contributed by atoms with Crippen molar-refractivity contribution in [3.63, 3.8) is 0 Å². The van der Waals surface area contributed by atoms with Crippen LogP contribution in [0.4, 0.5) is 5.69 Å². The van der Waals surface area contributed by atoms with Crippen molar-refractivity contribution in [1.82, 2.24) is 9.55 Å². The van der Waals surface area contributed by atoms with Crippen LogP contribution in [0.15, 0.2) is 60.9 Å². The van der Waals surface area contributed by atoms with Crippen molar-refractivity contribution in [1.29, 1.82) is 0 Å². The molecule has 0 N–H and O–H groups in total. The van der Waals surface area contributed by atoms with Crippen LogP contribution in [0, 0.1) is 11.8 Å². The molecule has 1 aliphatic carbocycles. The number of imidazole rings is 1. The molecule has 1 aromatic heterocycles. The van der Waals surface area contributed by atoms with Gasteiger partial charge in [-0.25, -0.2) is 4.98 Å². The number of ether oxygens (including phenoxy) is 1. The maximum atomic E-state index is 13.6. The molecule has 1 saturated heterocycles. The number of anilines is 1. The fourth-order valence-corrected chi connectivity index (χ4v) is 5.56. The van der Waals surface area contributed by atoms with E-state index >= 15 is 0 Å². The summed E-state index contributed by atoms with van der Waals surface area (Å²) < 4.78 is 7.13. The maximum absolute atomic E-state index is 13.6. The Morgan fingerprint density at radius 1 is 0.971 bits per heavy atom. The van der Waals surface area contributed by atoms with E-state index in [9.17, 15) is 14.4 Å². The van der Waals surface area contributed by atoms with E-state index in [1.807, 2.05) is 42.1 Å². The molecule has 0 spiro atoms. The number of nitrogens with zero attached hydrogens (tertiary/aromatic N) is 3. The van der Waals surface area contributed by atoms with Crippen molar-refractivity contribution < 1.29 is 19.1 Å². The van der Waals surface area contributed by atoms with E-state index in [4.69, 9.17) is 4.74 Å². The fraction of sp³-hybridized carbons (Fsp3) is 0.357. The lowest BCUT2D eigenvalue weighted by Crippen LogP contribution is -2.43. The van der Waals surface area contributed by atoms with Gasteiger partial charge in [0.2, 0.25) is 5.78 Å². The van der Waals surface area contributed by atoms with Crippen LogP contribution < -0.4 is 9.64 Å². The van der Waals surface area contributed by atoms with E-state index in [0.29, 0.717) is 17.0 Å². The molecule has 2 heterocycles. The van der Waals surface area contributed by atoms with E-state index in [2.05, 4.69) is 4.98 Å². The van der Waals surface area contributed by atoms with Gasteiger partial charge in [-0.15, -0.1) is 0 Å². The zero-order valence-corrected chi connectivity index (χ0v) is 20.0. The summed E-state index contributed by atoms with van der Waals surface area (Å²) in [5.74, 6) is -0.973. The molecule has 5 rings (SSSR count). The lowest BCUT2D eigenvalue weighted by Gasteiger charge is -2.35. The topological polar surface area (TPSA) is 81.5 Å². The van der Waals surface area contributed by atoms with E-state index < -0.39 is 23.7 Å². The molecular formula is C28H29N3O4. The quantitative estimate of drug-likeness (QED) is 0.301. The number of benzene rings is 2. The summed E-state index contributed by atoms with van der Waals surface area (Å²) in [7, 11) is 3.49. The summed E-state index contributed by atoms with van der Waals surface area (Å²) >= 11 is 0. The first-order valence-electron chi connectivity index (χ1n) is 12.1. The maximum Gasteiger partial charge on any atom is 0.295 e. The predicted octanol–water partition coefficient (Wildman–Crippen LogP) is 4.46. The normalized spacial score (nSPS) is 20.9. The molecule has 3 aromatic rings.